The van der Waals surface area contributed by atoms with Crippen LogP contribution in [0.2, 0.25) is 10.0 Å². The molecule has 0 fully saturated rings. The van der Waals surface area contributed by atoms with Crippen LogP contribution < -0.4 is 10.1 Å². The summed E-state index contributed by atoms with van der Waals surface area (Å²) >= 11 is 11.8. The van der Waals surface area contributed by atoms with E-state index in [1.807, 2.05) is 0 Å². The summed E-state index contributed by atoms with van der Waals surface area (Å²) in [5.41, 5.74) is 0.215. The first-order valence-electron chi connectivity index (χ1n) is 6.70. The lowest BCUT2D eigenvalue weighted by molar-refractivity contribution is -0.118. The van der Waals surface area contributed by atoms with E-state index in [0.717, 1.165) is 12.1 Å². The van der Waals surface area contributed by atoms with E-state index in [0.29, 0.717) is 0 Å². The largest absolute Gasteiger partial charge is 0.481 e. The predicted octanol–water partition coefficient (Wildman–Crippen LogP) is 4.01. The Morgan fingerprint density at radius 2 is 1.64 bits per heavy atom. The first-order chi connectivity index (χ1) is 11.7. The molecule has 10 heteroatoms. The van der Waals surface area contributed by atoms with Crippen LogP contribution in [0.15, 0.2) is 47.4 Å². The van der Waals surface area contributed by atoms with Crippen LogP contribution in [0, 0.1) is 0 Å². The molecule has 5 nitrogen and oxygen atoms in total. The molecule has 0 atom stereocenters. The van der Waals surface area contributed by atoms with Gasteiger partial charge in [0, 0.05) is 5.69 Å². The molecule has 0 aliphatic rings. The Morgan fingerprint density at radius 3 is 2.16 bits per heavy atom. The van der Waals surface area contributed by atoms with E-state index < -0.39 is 33.0 Å². The van der Waals surface area contributed by atoms with Crippen molar-refractivity contribution in [3.63, 3.8) is 0 Å². The molecule has 2 aromatic rings. The third-order valence-corrected chi connectivity index (χ3v) is 4.96. The highest BCUT2D eigenvalue weighted by Gasteiger charge is 2.26. The van der Waals surface area contributed by atoms with Crippen molar-refractivity contribution in [3.05, 3.63) is 52.5 Å². The average Bonchev–Trinajstić information content (AvgIpc) is 2.54. The van der Waals surface area contributed by atoms with Gasteiger partial charge in [0.2, 0.25) is 9.84 Å². The molecule has 0 aromatic heterocycles. The van der Waals surface area contributed by atoms with Crippen molar-refractivity contribution in [2.24, 2.45) is 0 Å². The molecule has 0 heterocycles. The average molecular weight is 410 g/mol. The summed E-state index contributed by atoms with van der Waals surface area (Å²) in [5, 5.41) is 2.90. The van der Waals surface area contributed by atoms with Crippen LogP contribution in [0.25, 0.3) is 0 Å². The molecule has 2 aromatic carbocycles. The lowest BCUT2D eigenvalue weighted by atomic mass is 10.3. The molecule has 1 amide bonds. The summed E-state index contributed by atoms with van der Waals surface area (Å²) in [7, 11) is -4.68. The standard InChI is InChI=1S/C15H11Cl2F2NO4S/c16-11-2-1-3-12(17)14(11)24-8-13(21)20-9-4-6-10(7-5-9)25(22,23)15(18)19/h1-7,15H,8H2,(H,20,21). The summed E-state index contributed by atoms with van der Waals surface area (Å²) < 4.78 is 52.7. The Balaban J connectivity index is 1.99. The lowest BCUT2D eigenvalue weighted by Crippen LogP contribution is -2.20. The fourth-order valence-corrected chi connectivity index (χ4v) is 3.01. The number of hydrogen-bond donors (Lipinski definition) is 1. The smallest absolute Gasteiger partial charge is 0.341 e. The Hall–Kier alpha value is -1.90. The zero-order chi connectivity index (χ0) is 18.6. The minimum atomic E-state index is -4.68. The summed E-state index contributed by atoms with van der Waals surface area (Å²) in [6.07, 6.45) is 0. The van der Waals surface area contributed by atoms with E-state index in [9.17, 15) is 22.0 Å². The van der Waals surface area contributed by atoms with Gasteiger partial charge in [-0.3, -0.25) is 4.79 Å². The molecular formula is C15H11Cl2F2NO4S. The highest BCUT2D eigenvalue weighted by molar-refractivity contribution is 7.91. The number of carbonyl (C=O) groups is 1. The second kappa shape index (κ2) is 7.99. The van der Waals surface area contributed by atoms with Gasteiger partial charge in [-0.15, -0.1) is 0 Å². The third kappa shape index (κ3) is 4.81. The molecule has 0 aliphatic heterocycles. The fraction of sp³-hybridized carbons (Fsp3) is 0.133. The van der Waals surface area contributed by atoms with Crippen molar-refractivity contribution in [1.29, 1.82) is 0 Å². The number of hydrogen-bond acceptors (Lipinski definition) is 4. The summed E-state index contributed by atoms with van der Waals surface area (Å²) in [6, 6.07) is 9.04. The fourth-order valence-electron chi connectivity index (χ4n) is 1.79. The molecular weight excluding hydrogens is 399 g/mol. The molecule has 0 unspecified atom stereocenters. The van der Waals surface area contributed by atoms with Crippen LogP contribution in [0.4, 0.5) is 14.5 Å². The quantitative estimate of drug-likeness (QED) is 0.781. The van der Waals surface area contributed by atoms with E-state index in [2.05, 4.69) is 5.32 Å². The molecule has 0 saturated carbocycles. The highest BCUT2D eigenvalue weighted by atomic mass is 35.5. The number of rotatable bonds is 6. The number of nitrogens with one attached hydrogen (secondary N) is 1. The van der Waals surface area contributed by atoms with Crippen LogP contribution in [-0.2, 0) is 14.6 Å². The van der Waals surface area contributed by atoms with Gasteiger partial charge in [-0.2, -0.15) is 8.78 Å². The summed E-state index contributed by atoms with van der Waals surface area (Å²) in [5.74, 6) is -3.93. The van der Waals surface area contributed by atoms with Crippen LogP contribution in [0.5, 0.6) is 5.75 Å². The topological polar surface area (TPSA) is 72.5 Å². The number of amides is 1. The van der Waals surface area contributed by atoms with Crippen molar-refractivity contribution in [2.45, 2.75) is 10.7 Å². The molecule has 2 rings (SSSR count). The van der Waals surface area contributed by atoms with Gasteiger partial charge in [0.25, 0.3) is 5.91 Å². The zero-order valence-corrected chi connectivity index (χ0v) is 14.7. The van der Waals surface area contributed by atoms with Gasteiger partial charge >= 0.3 is 5.76 Å². The Kier molecular flexibility index (Phi) is 6.21. The number of halogens is 4. The van der Waals surface area contributed by atoms with Gasteiger partial charge in [-0.05, 0) is 36.4 Å². The van der Waals surface area contributed by atoms with Crippen molar-refractivity contribution >= 4 is 44.6 Å². The molecule has 0 spiro atoms. The minimum absolute atomic E-state index is 0.152. The van der Waals surface area contributed by atoms with Crippen molar-refractivity contribution in [2.75, 3.05) is 11.9 Å². The number of anilines is 1. The molecule has 1 N–H and O–H groups in total. The molecule has 0 saturated heterocycles. The highest BCUT2D eigenvalue weighted by Crippen LogP contribution is 2.32. The molecule has 0 bridgehead atoms. The number of benzene rings is 2. The number of para-hydroxylation sites is 1. The van der Waals surface area contributed by atoms with Crippen LogP contribution >= 0.6 is 23.2 Å². The second-order valence-corrected chi connectivity index (χ2v) is 7.45. The van der Waals surface area contributed by atoms with Crippen LogP contribution in [0.1, 0.15) is 0 Å². The zero-order valence-electron chi connectivity index (χ0n) is 12.4. The maximum absolute atomic E-state index is 12.4. The van der Waals surface area contributed by atoms with Gasteiger partial charge in [0.15, 0.2) is 12.4 Å². The number of carbonyl (C=O) groups excluding carboxylic acids is 1. The first kappa shape index (κ1) is 19.4. The Bertz CT molecular complexity index is 853. The van der Waals surface area contributed by atoms with Crippen molar-refractivity contribution in [1.82, 2.24) is 0 Å². The Labute approximate surface area is 152 Å². The predicted molar refractivity (Wildman–Crippen MR) is 90.2 cm³/mol. The molecule has 134 valence electrons. The molecule has 0 aliphatic carbocycles. The van der Waals surface area contributed by atoms with Gasteiger partial charge in [-0.1, -0.05) is 29.3 Å². The van der Waals surface area contributed by atoms with Crippen LogP contribution in [0.3, 0.4) is 0 Å². The maximum Gasteiger partial charge on any atom is 0.341 e. The monoisotopic (exact) mass is 409 g/mol. The first-order valence-corrected chi connectivity index (χ1v) is 9.01. The Morgan fingerprint density at radius 1 is 1.08 bits per heavy atom. The van der Waals surface area contributed by atoms with E-state index >= 15 is 0 Å². The van der Waals surface area contributed by atoms with E-state index in [4.69, 9.17) is 27.9 Å². The lowest BCUT2D eigenvalue weighted by Gasteiger charge is -2.10. The van der Waals surface area contributed by atoms with Gasteiger partial charge < -0.3 is 10.1 Å². The van der Waals surface area contributed by atoms with Crippen molar-refractivity contribution in [3.8, 4) is 5.75 Å². The van der Waals surface area contributed by atoms with Gasteiger partial charge in [0.05, 0.1) is 14.9 Å². The summed E-state index contributed by atoms with van der Waals surface area (Å²) in [6.45, 7) is -0.402. The van der Waals surface area contributed by atoms with Crippen molar-refractivity contribution < 1.29 is 26.7 Å². The third-order valence-electron chi connectivity index (χ3n) is 2.97. The van der Waals surface area contributed by atoms with E-state index in [1.165, 1.54) is 12.1 Å². The number of alkyl halides is 2. The van der Waals surface area contributed by atoms with Gasteiger partial charge in [0.1, 0.15) is 0 Å². The molecule has 25 heavy (non-hydrogen) atoms. The molecule has 0 radical (unpaired) electrons. The normalized spacial score (nSPS) is 11.4. The van der Waals surface area contributed by atoms with E-state index in [1.54, 1.807) is 18.2 Å². The SMILES string of the molecule is O=C(COc1c(Cl)cccc1Cl)Nc1ccc(S(=O)(=O)C(F)F)cc1. The van der Waals surface area contributed by atoms with E-state index in [-0.39, 0.29) is 21.5 Å². The minimum Gasteiger partial charge on any atom is -0.481 e. The van der Waals surface area contributed by atoms with Crippen LogP contribution in [-0.4, -0.2) is 26.7 Å². The second-order valence-electron chi connectivity index (χ2n) is 4.72. The van der Waals surface area contributed by atoms with Gasteiger partial charge in [-0.25, -0.2) is 8.42 Å². The maximum atomic E-state index is 12.4. The number of sulfone groups is 1. The number of ether oxygens (including phenoxy) is 1. The summed E-state index contributed by atoms with van der Waals surface area (Å²) in [4.78, 5) is 11.3.